The molecule has 0 amide bonds. The van der Waals surface area contributed by atoms with Crippen molar-refractivity contribution < 1.29 is 5.11 Å². The summed E-state index contributed by atoms with van der Waals surface area (Å²) in [6.07, 6.45) is 3.09. The van der Waals surface area contributed by atoms with Gasteiger partial charge in [0.05, 0.1) is 0 Å². The van der Waals surface area contributed by atoms with Gasteiger partial charge in [-0.1, -0.05) is 40.2 Å². The van der Waals surface area contributed by atoms with Crippen LogP contribution in [0.4, 0.5) is 0 Å². The van der Waals surface area contributed by atoms with Crippen LogP contribution in [0, 0.1) is 11.3 Å². The third kappa shape index (κ3) is 1.70. The Morgan fingerprint density at radius 2 is 1.75 bits per heavy atom. The highest BCUT2D eigenvalue weighted by molar-refractivity contribution is 5.42. The lowest BCUT2D eigenvalue weighted by Crippen LogP contribution is -2.33. The molecular formula is C15H26O. The Hall–Kier alpha value is -0.720. The van der Waals surface area contributed by atoms with E-state index in [-0.39, 0.29) is 5.41 Å². The Balaban J connectivity index is 3.40. The van der Waals surface area contributed by atoms with E-state index >= 15 is 0 Å². The van der Waals surface area contributed by atoms with E-state index in [4.69, 9.17) is 0 Å². The van der Waals surface area contributed by atoms with Crippen molar-refractivity contribution in [2.45, 2.75) is 60.8 Å². The third-order valence-electron chi connectivity index (χ3n) is 4.76. The van der Waals surface area contributed by atoms with E-state index in [1.807, 2.05) is 0 Å². The van der Waals surface area contributed by atoms with Crippen LogP contribution in [0.25, 0.3) is 0 Å². The average molecular weight is 222 g/mol. The normalized spacial score (nSPS) is 31.2. The second-order valence-corrected chi connectivity index (χ2v) is 5.18. The summed E-state index contributed by atoms with van der Waals surface area (Å²) in [6, 6.07) is 0. The van der Waals surface area contributed by atoms with Crippen molar-refractivity contribution in [1.82, 2.24) is 0 Å². The summed E-state index contributed by atoms with van der Waals surface area (Å²) in [5.41, 5.74) is 3.94. The van der Waals surface area contributed by atoms with Crippen molar-refractivity contribution in [3.05, 3.63) is 22.5 Å². The zero-order valence-corrected chi connectivity index (χ0v) is 11.6. The molecule has 0 heterocycles. The molecule has 1 N–H and O–H groups in total. The predicted octanol–water partition coefficient (Wildman–Crippen LogP) is 5.00. The molecular weight excluding hydrogens is 196 g/mol. The van der Waals surface area contributed by atoms with E-state index in [0.717, 1.165) is 24.8 Å². The van der Waals surface area contributed by atoms with Crippen LogP contribution in [0.2, 0.25) is 0 Å². The predicted molar refractivity (Wildman–Crippen MR) is 70.5 cm³/mol. The van der Waals surface area contributed by atoms with Crippen molar-refractivity contribution in [2.24, 2.45) is 11.3 Å². The van der Waals surface area contributed by atoms with Crippen LogP contribution in [-0.4, -0.2) is 5.11 Å². The van der Waals surface area contributed by atoms with Crippen LogP contribution in [0.15, 0.2) is 22.5 Å². The van der Waals surface area contributed by atoms with Gasteiger partial charge in [-0.3, -0.25) is 0 Å². The summed E-state index contributed by atoms with van der Waals surface area (Å²) < 4.78 is 0. The first-order chi connectivity index (χ1) is 7.43. The zero-order chi connectivity index (χ0) is 12.5. The quantitative estimate of drug-likeness (QED) is 0.712. The Labute approximate surface area is 100 Å². The van der Waals surface area contributed by atoms with E-state index < -0.39 is 0 Å². The number of aliphatic hydroxyl groups excluding tert-OH is 1. The van der Waals surface area contributed by atoms with Gasteiger partial charge in [-0.2, -0.15) is 0 Å². The van der Waals surface area contributed by atoms with E-state index in [0.29, 0.717) is 11.7 Å². The maximum Gasteiger partial charge on any atom is 0.118 e. The molecule has 16 heavy (non-hydrogen) atoms. The molecule has 0 saturated carbocycles. The lowest BCUT2D eigenvalue weighted by molar-refractivity contribution is 0.237. The number of hydrogen-bond donors (Lipinski definition) is 1. The maximum atomic E-state index is 10.3. The molecule has 1 nitrogen and oxygen atoms in total. The Kier molecular flexibility index (Phi) is 3.88. The molecule has 1 aliphatic carbocycles. The van der Waals surface area contributed by atoms with Gasteiger partial charge >= 0.3 is 0 Å². The van der Waals surface area contributed by atoms with Crippen molar-refractivity contribution in [2.75, 3.05) is 0 Å². The minimum atomic E-state index is 0.143. The van der Waals surface area contributed by atoms with Crippen molar-refractivity contribution in [3.63, 3.8) is 0 Å². The first kappa shape index (κ1) is 13.3. The molecule has 1 rings (SSSR count). The Bertz CT molecular complexity index is 335. The average Bonchev–Trinajstić information content (AvgIpc) is 2.28. The monoisotopic (exact) mass is 222 g/mol. The fourth-order valence-corrected chi connectivity index (χ4v) is 3.28. The van der Waals surface area contributed by atoms with Crippen LogP contribution in [-0.2, 0) is 0 Å². The van der Waals surface area contributed by atoms with Gasteiger partial charge < -0.3 is 5.11 Å². The molecule has 2 unspecified atom stereocenters. The summed E-state index contributed by atoms with van der Waals surface area (Å²) in [7, 11) is 0. The molecule has 0 bridgehead atoms. The van der Waals surface area contributed by atoms with Crippen LogP contribution in [0.5, 0.6) is 0 Å². The van der Waals surface area contributed by atoms with Gasteiger partial charge in [-0.15, -0.1) is 0 Å². The topological polar surface area (TPSA) is 20.2 Å². The van der Waals surface area contributed by atoms with E-state index in [2.05, 4.69) is 41.5 Å². The van der Waals surface area contributed by atoms with Gasteiger partial charge in [0.25, 0.3) is 0 Å². The molecule has 2 atom stereocenters. The van der Waals surface area contributed by atoms with Gasteiger partial charge in [0.1, 0.15) is 5.76 Å². The molecule has 0 aromatic heterocycles. The number of rotatable bonds is 3. The van der Waals surface area contributed by atoms with Gasteiger partial charge in [0.15, 0.2) is 0 Å². The fourth-order valence-electron chi connectivity index (χ4n) is 3.28. The van der Waals surface area contributed by atoms with Gasteiger partial charge in [-0.25, -0.2) is 0 Å². The molecule has 1 aliphatic rings. The summed E-state index contributed by atoms with van der Waals surface area (Å²) >= 11 is 0. The smallest absolute Gasteiger partial charge is 0.118 e. The summed E-state index contributed by atoms with van der Waals surface area (Å²) in [4.78, 5) is 0. The van der Waals surface area contributed by atoms with E-state index in [1.165, 1.54) is 11.1 Å². The molecule has 0 aliphatic heterocycles. The van der Waals surface area contributed by atoms with Crippen LogP contribution in [0.1, 0.15) is 60.8 Å². The highest BCUT2D eigenvalue weighted by Gasteiger charge is 2.40. The summed E-state index contributed by atoms with van der Waals surface area (Å²) in [5.74, 6) is 1.12. The van der Waals surface area contributed by atoms with Gasteiger partial charge in [0.2, 0.25) is 0 Å². The van der Waals surface area contributed by atoms with Crippen LogP contribution < -0.4 is 0 Å². The van der Waals surface area contributed by atoms with E-state index in [9.17, 15) is 5.11 Å². The molecule has 0 radical (unpaired) electrons. The first-order valence-electron chi connectivity index (χ1n) is 6.56. The van der Waals surface area contributed by atoms with Crippen molar-refractivity contribution in [3.8, 4) is 0 Å². The highest BCUT2D eigenvalue weighted by Crippen LogP contribution is 2.50. The third-order valence-corrected chi connectivity index (χ3v) is 4.76. The second kappa shape index (κ2) is 4.65. The van der Waals surface area contributed by atoms with Crippen molar-refractivity contribution >= 4 is 0 Å². The minimum Gasteiger partial charge on any atom is -0.508 e. The largest absolute Gasteiger partial charge is 0.508 e. The van der Waals surface area contributed by atoms with Crippen LogP contribution in [0.3, 0.4) is 0 Å². The van der Waals surface area contributed by atoms with E-state index in [1.54, 1.807) is 0 Å². The number of allylic oxidation sites excluding steroid dienone is 3. The van der Waals surface area contributed by atoms with Crippen molar-refractivity contribution in [1.29, 1.82) is 0 Å². The second-order valence-electron chi connectivity index (χ2n) is 5.18. The first-order valence-corrected chi connectivity index (χ1v) is 6.56. The molecule has 0 fully saturated rings. The van der Waals surface area contributed by atoms with Crippen LogP contribution >= 0.6 is 0 Å². The SMILES string of the molecule is CCC1=C(C)C(O)=C(CC)C(C)(CC)C1C. The summed E-state index contributed by atoms with van der Waals surface area (Å²) in [6.45, 7) is 13.2. The lowest BCUT2D eigenvalue weighted by atomic mass is 9.62. The fraction of sp³-hybridized carbons (Fsp3) is 0.733. The standard InChI is InChI=1S/C15H26O/c1-7-12-10(4)14(16)13(8-2)15(6,9-3)11(12)5/h11,16H,7-9H2,1-6H3. The molecule has 1 heteroatoms. The molecule has 92 valence electrons. The summed E-state index contributed by atoms with van der Waals surface area (Å²) in [5, 5.41) is 10.3. The molecule has 0 aromatic rings. The van der Waals surface area contributed by atoms with Gasteiger partial charge in [-0.05, 0) is 48.7 Å². The van der Waals surface area contributed by atoms with Gasteiger partial charge in [0, 0.05) is 0 Å². The zero-order valence-electron chi connectivity index (χ0n) is 11.6. The maximum absolute atomic E-state index is 10.3. The lowest BCUT2D eigenvalue weighted by Gasteiger charge is -2.43. The minimum absolute atomic E-state index is 0.143. The highest BCUT2D eigenvalue weighted by atomic mass is 16.3. The number of hydrogen-bond acceptors (Lipinski definition) is 1. The Morgan fingerprint density at radius 1 is 1.19 bits per heavy atom. The Morgan fingerprint density at radius 3 is 2.12 bits per heavy atom. The number of aliphatic hydroxyl groups is 1. The molecule has 0 saturated heterocycles. The molecule has 0 aromatic carbocycles. The molecule has 0 spiro atoms.